The molecular weight excluding hydrogens is 383 g/mol. The minimum atomic E-state index is -4.47. The number of likely N-dealkylation sites (N-methyl/N-ethyl adjacent to an activating group) is 1. The number of carbonyl (C=O) groups is 1. The molecule has 3 aliphatic rings. The molecule has 4 rings (SSSR count). The monoisotopic (exact) mass is 411 g/mol. The Balaban J connectivity index is 1.46. The highest BCUT2D eigenvalue weighted by Crippen LogP contribution is 2.37. The lowest BCUT2D eigenvalue weighted by Gasteiger charge is -2.42. The minimum Gasteiger partial charge on any atom is -0.350 e. The average molecular weight is 411 g/mol. The van der Waals surface area contributed by atoms with Crippen LogP contribution in [-0.4, -0.2) is 70.5 Å². The molecule has 1 atom stereocenters. The Bertz CT molecular complexity index is 731. The molecule has 3 heterocycles. The van der Waals surface area contributed by atoms with Crippen molar-refractivity contribution in [1.29, 1.82) is 0 Å². The zero-order valence-corrected chi connectivity index (χ0v) is 16.7. The maximum absolute atomic E-state index is 13.1. The Hall–Kier alpha value is -1.90. The summed E-state index contributed by atoms with van der Waals surface area (Å²) in [5.41, 5.74) is -0.891. The van der Waals surface area contributed by atoms with Gasteiger partial charge in [0.05, 0.1) is 6.04 Å². The van der Waals surface area contributed by atoms with Gasteiger partial charge in [-0.25, -0.2) is 9.97 Å². The van der Waals surface area contributed by atoms with Crippen molar-refractivity contribution in [2.75, 3.05) is 31.6 Å². The molecule has 0 N–H and O–H groups in total. The van der Waals surface area contributed by atoms with E-state index in [0.29, 0.717) is 5.82 Å². The van der Waals surface area contributed by atoms with Gasteiger partial charge in [0.2, 0.25) is 5.91 Å². The van der Waals surface area contributed by atoms with E-state index in [1.165, 1.54) is 0 Å². The van der Waals surface area contributed by atoms with Crippen molar-refractivity contribution in [2.24, 2.45) is 0 Å². The molecule has 1 aliphatic carbocycles. The number of piperidine rings is 1. The standard InChI is InChI=1S/C20H28F3N5O/c1-26-9-3-2-4-16(19(26)29)27-10-7-15(8-11-27)28(14-5-6-14)18-12-17(20(21,22)23)24-13-25-18/h12-16H,2-11H2,1H3. The van der Waals surface area contributed by atoms with Gasteiger partial charge >= 0.3 is 6.18 Å². The average Bonchev–Trinajstić information content (AvgIpc) is 3.53. The van der Waals surface area contributed by atoms with Crippen LogP contribution in [0.1, 0.15) is 50.6 Å². The molecular formula is C20H28F3N5O. The van der Waals surface area contributed by atoms with Crippen molar-refractivity contribution < 1.29 is 18.0 Å². The zero-order valence-electron chi connectivity index (χ0n) is 16.7. The van der Waals surface area contributed by atoms with Gasteiger partial charge in [0, 0.05) is 44.8 Å². The van der Waals surface area contributed by atoms with Crippen molar-refractivity contribution in [3.8, 4) is 0 Å². The second-order valence-electron chi connectivity index (χ2n) is 8.44. The van der Waals surface area contributed by atoms with Crippen LogP contribution in [0.25, 0.3) is 0 Å². The molecule has 1 saturated carbocycles. The first-order valence-electron chi connectivity index (χ1n) is 10.5. The number of hydrogen-bond acceptors (Lipinski definition) is 5. The summed E-state index contributed by atoms with van der Waals surface area (Å²) in [6.07, 6.45) is 3.15. The molecule has 1 aromatic heterocycles. The third-order valence-electron chi connectivity index (χ3n) is 6.36. The predicted molar refractivity (Wildman–Crippen MR) is 102 cm³/mol. The van der Waals surface area contributed by atoms with E-state index in [2.05, 4.69) is 19.8 Å². The number of anilines is 1. The van der Waals surface area contributed by atoms with Gasteiger partial charge in [-0.15, -0.1) is 0 Å². The van der Waals surface area contributed by atoms with E-state index >= 15 is 0 Å². The van der Waals surface area contributed by atoms with Crippen LogP contribution in [0.2, 0.25) is 0 Å². The predicted octanol–water partition coefficient (Wildman–Crippen LogP) is 2.94. The molecule has 160 valence electrons. The number of amides is 1. The molecule has 1 aromatic rings. The van der Waals surface area contributed by atoms with Crippen LogP contribution in [0.4, 0.5) is 19.0 Å². The van der Waals surface area contributed by atoms with Crippen LogP contribution in [0.3, 0.4) is 0 Å². The first-order valence-corrected chi connectivity index (χ1v) is 10.5. The third kappa shape index (κ3) is 4.49. The molecule has 9 heteroatoms. The van der Waals surface area contributed by atoms with Gasteiger partial charge in [0.15, 0.2) is 0 Å². The molecule has 0 radical (unpaired) electrons. The highest BCUT2D eigenvalue weighted by molar-refractivity contribution is 5.81. The first-order chi connectivity index (χ1) is 13.8. The van der Waals surface area contributed by atoms with Gasteiger partial charge in [-0.2, -0.15) is 13.2 Å². The maximum atomic E-state index is 13.1. The van der Waals surface area contributed by atoms with E-state index in [9.17, 15) is 18.0 Å². The van der Waals surface area contributed by atoms with E-state index in [4.69, 9.17) is 0 Å². The Morgan fingerprint density at radius 3 is 2.34 bits per heavy atom. The van der Waals surface area contributed by atoms with Crippen LogP contribution in [-0.2, 0) is 11.0 Å². The number of rotatable bonds is 4. The third-order valence-corrected chi connectivity index (χ3v) is 6.36. The maximum Gasteiger partial charge on any atom is 0.433 e. The summed E-state index contributed by atoms with van der Waals surface area (Å²) >= 11 is 0. The number of hydrogen-bond donors (Lipinski definition) is 0. The lowest BCUT2D eigenvalue weighted by molar-refractivity contribution is -0.141. The van der Waals surface area contributed by atoms with Crippen molar-refractivity contribution >= 4 is 11.7 Å². The number of halogens is 3. The van der Waals surface area contributed by atoms with E-state index in [1.807, 2.05) is 11.9 Å². The Morgan fingerprint density at radius 1 is 1.00 bits per heavy atom. The van der Waals surface area contributed by atoms with Crippen LogP contribution >= 0.6 is 0 Å². The number of carbonyl (C=O) groups excluding carboxylic acids is 1. The molecule has 2 aliphatic heterocycles. The molecule has 6 nitrogen and oxygen atoms in total. The number of alkyl halides is 3. The summed E-state index contributed by atoms with van der Waals surface area (Å²) in [5, 5.41) is 0. The summed E-state index contributed by atoms with van der Waals surface area (Å²) in [4.78, 5) is 26.4. The summed E-state index contributed by atoms with van der Waals surface area (Å²) < 4.78 is 39.3. The summed E-state index contributed by atoms with van der Waals surface area (Å²) in [6, 6.07) is 1.42. The largest absolute Gasteiger partial charge is 0.433 e. The molecule has 3 fully saturated rings. The second kappa shape index (κ2) is 8.08. The highest BCUT2D eigenvalue weighted by atomic mass is 19.4. The second-order valence-corrected chi connectivity index (χ2v) is 8.44. The smallest absolute Gasteiger partial charge is 0.350 e. The fourth-order valence-corrected chi connectivity index (χ4v) is 4.66. The fraction of sp³-hybridized carbons (Fsp3) is 0.750. The molecule has 0 aromatic carbocycles. The molecule has 2 saturated heterocycles. The number of aromatic nitrogens is 2. The lowest BCUT2D eigenvalue weighted by atomic mass is 9.99. The van der Waals surface area contributed by atoms with Crippen molar-refractivity contribution in [2.45, 2.75) is 69.2 Å². The van der Waals surface area contributed by atoms with E-state index in [1.54, 1.807) is 0 Å². The van der Waals surface area contributed by atoms with Crippen molar-refractivity contribution in [1.82, 2.24) is 19.8 Å². The van der Waals surface area contributed by atoms with Crippen LogP contribution in [0.5, 0.6) is 0 Å². The zero-order chi connectivity index (χ0) is 20.6. The van der Waals surface area contributed by atoms with Crippen LogP contribution < -0.4 is 4.90 Å². The molecule has 1 unspecified atom stereocenters. The van der Waals surface area contributed by atoms with Gasteiger partial charge in [0.1, 0.15) is 17.8 Å². The topological polar surface area (TPSA) is 52.6 Å². The van der Waals surface area contributed by atoms with Gasteiger partial charge < -0.3 is 9.80 Å². The Kier molecular flexibility index (Phi) is 5.68. The highest BCUT2D eigenvalue weighted by Gasteiger charge is 2.40. The van der Waals surface area contributed by atoms with Gasteiger partial charge in [-0.05, 0) is 44.9 Å². The fourth-order valence-electron chi connectivity index (χ4n) is 4.66. The van der Waals surface area contributed by atoms with Gasteiger partial charge in [-0.1, -0.05) is 0 Å². The SMILES string of the molecule is CN1CCCCC(N2CCC(N(c3cc(C(F)(F)F)ncn3)C3CC3)CC2)C1=O. The quantitative estimate of drug-likeness (QED) is 0.763. The normalized spacial score (nSPS) is 25.2. The van der Waals surface area contributed by atoms with Crippen molar-refractivity contribution in [3.05, 3.63) is 18.1 Å². The Morgan fingerprint density at radius 2 is 1.69 bits per heavy atom. The van der Waals surface area contributed by atoms with E-state index in [0.717, 1.165) is 77.0 Å². The number of likely N-dealkylation sites (tertiary alicyclic amines) is 2. The molecule has 0 bridgehead atoms. The van der Waals surface area contributed by atoms with Gasteiger partial charge in [-0.3, -0.25) is 9.69 Å². The minimum absolute atomic E-state index is 0.0614. The summed E-state index contributed by atoms with van der Waals surface area (Å²) in [6.45, 7) is 2.39. The van der Waals surface area contributed by atoms with Crippen molar-refractivity contribution in [3.63, 3.8) is 0 Å². The summed E-state index contributed by atoms with van der Waals surface area (Å²) in [5.74, 6) is 0.573. The lowest BCUT2D eigenvalue weighted by Crippen LogP contribution is -2.53. The molecule has 1 amide bonds. The summed E-state index contributed by atoms with van der Waals surface area (Å²) in [7, 11) is 1.87. The van der Waals surface area contributed by atoms with Gasteiger partial charge in [0.25, 0.3) is 0 Å². The first kappa shape index (κ1) is 20.4. The van der Waals surface area contributed by atoms with E-state index < -0.39 is 11.9 Å². The molecule has 0 spiro atoms. The molecule has 29 heavy (non-hydrogen) atoms. The number of nitrogens with zero attached hydrogens (tertiary/aromatic N) is 5. The van der Waals surface area contributed by atoms with Crippen LogP contribution in [0.15, 0.2) is 12.4 Å². The van der Waals surface area contributed by atoms with Crippen LogP contribution in [0, 0.1) is 0 Å². The Labute approximate surface area is 169 Å². The van der Waals surface area contributed by atoms with E-state index in [-0.39, 0.29) is 24.0 Å².